The molecule has 25 heavy (non-hydrogen) atoms. The van der Waals surface area contributed by atoms with E-state index in [-0.39, 0.29) is 30.0 Å². The van der Waals surface area contributed by atoms with Gasteiger partial charge in [0.05, 0.1) is 5.71 Å². The molecule has 0 heterocycles. The Hall–Kier alpha value is -2.99. The maximum absolute atomic E-state index is 13.2. The maximum Gasteiger partial charge on any atom is 0.211 e. The molecule has 130 valence electrons. The number of allylic oxidation sites excluding steroid dienone is 2. The average molecular weight is 363 g/mol. The molecule has 4 N–H and O–H groups in total. The molecule has 0 atom stereocenters. The van der Waals surface area contributed by atoms with Gasteiger partial charge in [0.2, 0.25) is 5.96 Å². The van der Waals surface area contributed by atoms with Crippen molar-refractivity contribution in [3.63, 3.8) is 0 Å². The van der Waals surface area contributed by atoms with Crippen molar-refractivity contribution in [2.75, 3.05) is 0 Å². The minimum atomic E-state index is -0.338. The number of nitrogens with two attached hydrogens (primary N) is 2. The van der Waals surface area contributed by atoms with Crippen molar-refractivity contribution in [3.05, 3.63) is 83.4 Å². The van der Waals surface area contributed by atoms with Crippen LogP contribution in [0.25, 0.3) is 12.2 Å². The van der Waals surface area contributed by atoms with Crippen molar-refractivity contribution in [1.29, 1.82) is 0 Å². The Kier molecular flexibility index (Phi) is 8.02. The molecule has 0 aliphatic heterocycles. The monoisotopic (exact) mass is 362 g/mol. The van der Waals surface area contributed by atoms with Crippen LogP contribution in [-0.2, 0) is 0 Å². The molecule has 0 aliphatic carbocycles. The van der Waals surface area contributed by atoms with Crippen LogP contribution >= 0.6 is 12.4 Å². The van der Waals surface area contributed by atoms with Gasteiger partial charge in [-0.25, -0.2) is 8.78 Å². The van der Waals surface area contributed by atoms with Gasteiger partial charge in [0.1, 0.15) is 11.6 Å². The van der Waals surface area contributed by atoms with Gasteiger partial charge in [-0.15, -0.1) is 22.6 Å². The first-order valence-electron chi connectivity index (χ1n) is 7.07. The number of benzene rings is 2. The number of guanidine groups is 1. The molecular formula is C18H17ClF2N4. The van der Waals surface area contributed by atoms with Crippen LogP contribution in [0.1, 0.15) is 11.1 Å². The predicted molar refractivity (Wildman–Crippen MR) is 101 cm³/mol. The van der Waals surface area contributed by atoms with Gasteiger partial charge in [0, 0.05) is 0 Å². The summed E-state index contributed by atoms with van der Waals surface area (Å²) < 4.78 is 26.4. The summed E-state index contributed by atoms with van der Waals surface area (Å²) in [5.74, 6) is -0.865. The Morgan fingerprint density at radius 1 is 0.800 bits per heavy atom. The van der Waals surface area contributed by atoms with Gasteiger partial charge in [-0.05, 0) is 47.5 Å². The lowest BCUT2D eigenvalue weighted by molar-refractivity contribution is 0.627. The van der Waals surface area contributed by atoms with Crippen molar-refractivity contribution in [2.24, 2.45) is 21.7 Å². The van der Waals surface area contributed by atoms with Crippen molar-refractivity contribution in [1.82, 2.24) is 0 Å². The second-order valence-electron chi connectivity index (χ2n) is 4.83. The van der Waals surface area contributed by atoms with Crippen LogP contribution in [0, 0.1) is 11.6 Å². The van der Waals surface area contributed by atoms with Gasteiger partial charge in [-0.3, -0.25) is 0 Å². The first-order chi connectivity index (χ1) is 11.5. The molecule has 0 unspecified atom stereocenters. The molecule has 2 aromatic rings. The third-order valence-corrected chi connectivity index (χ3v) is 2.87. The summed E-state index contributed by atoms with van der Waals surface area (Å²) in [6.45, 7) is 0. The zero-order valence-corrected chi connectivity index (χ0v) is 14.0. The number of hydrogen-bond donors (Lipinski definition) is 2. The second kappa shape index (κ2) is 10.00. The summed E-state index contributed by atoms with van der Waals surface area (Å²) in [4.78, 5) is 0. The van der Waals surface area contributed by atoms with E-state index < -0.39 is 0 Å². The van der Waals surface area contributed by atoms with E-state index >= 15 is 0 Å². The van der Waals surface area contributed by atoms with Gasteiger partial charge in [0.15, 0.2) is 0 Å². The van der Waals surface area contributed by atoms with Crippen LogP contribution in [0.15, 0.2) is 70.9 Å². The van der Waals surface area contributed by atoms with Gasteiger partial charge < -0.3 is 11.5 Å². The Morgan fingerprint density at radius 3 is 1.68 bits per heavy atom. The van der Waals surface area contributed by atoms with Crippen molar-refractivity contribution < 1.29 is 8.78 Å². The third kappa shape index (κ3) is 7.41. The summed E-state index contributed by atoms with van der Waals surface area (Å²) in [6.07, 6.45) is 6.58. The van der Waals surface area contributed by atoms with Crippen molar-refractivity contribution >= 4 is 36.2 Å². The summed E-state index contributed by atoms with van der Waals surface area (Å²) in [5.41, 5.74) is 12.3. The lowest BCUT2D eigenvalue weighted by atomic mass is 10.1. The fourth-order valence-corrected chi connectivity index (χ4v) is 1.82. The Labute approximate surface area is 150 Å². The molecule has 7 heteroatoms. The third-order valence-electron chi connectivity index (χ3n) is 2.87. The Morgan fingerprint density at radius 2 is 1.28 bits per heavy atom. The van der Waals surface area contributed by atoms with E-state index in [9.17, 15) is 8.78 Å². The van der Waals surface area contributed by atoms with Crippen LogP contribution in [0.2, 0.25) is 0 Å². The highest BCUT2D eigenvalue weighted by molar-refractivity contribution is 6.08. The van der Waals surface area contributed by atoms with E-state index in [0.717, 1.165) is 0 Å². The second-order valence-corrected chi connectivity index (χ2v) is 4.83. The molecule has 4 nitrogen and oxygen atoms in total. The van der Waals surface area contributed by atoms with E-state index in [1.54, 1.807) is 48.6 Å². The molecule has 0 aromatic heterocycles. The highest BCUT2D eigenvalue weighted by Gasteiger charge is 1.95. The van der Waals surface area contributed by atoms with Crippen LogP contribution in [-0.4, -0.2) is 11.7 Å². The number of nitrogens with zero attached hydrogens (tertiary/aromatic N) is 2. The SMILES string of the molecule is Cl.NC(N)=NN=C(C=Cc1cccc(F)c1)C=Cc1cccc(F)c1. The minimum absolute atomic E-state index is 0. The minimum Gasteiger partial charge on any atom is -0.369 e. The van der Waals surface area contributed by atoms with E-state index in [1.807, 2.05) is 0 Å². The van der Waals surface area contributed by atoms with E-state index in [1.165, 1.54) is 24.3 Å². The number of rotatable bonds is 5. The fraction of sp³-hybridized carbons (Fsp3) is 0. The standard InChI is InChI=1S/C18H16F2N4.ClH/c19-15-5-1-3-13(11-15)7-9-17(23-24-18(21)22)10-8-14-4-2-6-16(20)12-14;/h1-12H,(H4,21,22,24);1H. The van der Waals surface area contributed by atoms with E-state index in [4.69, 9.17) is 11.5 Å². The van der Waals surface area contributed by atoms with Gasteiger partial charge in [-0.1, -0.05) is 36.4 Å². The number of halogens is 3. The highest BCUT2D eigenvalue weighted by atomic mass is 35.5. The normalized spacial score (nSPS) is 10.5. The van der Waals surface area contributed by atoms with Crippen molar-refractivity contribution in [2.45, 2.75) is 0 Å². The lowest BCUT2D eigenvalue weighted by Crippen LogP contribution is -2.22. The molecule has 0 amide bonds. The smallest absolute Gasteiger partial charge is 0.211 e. The average Bonchev–Trinajstić information content (AvgIpc) is 2.54. The van der Waals surface area contributed by atoms with Crippen LogP contribution in [0.5, 0.6) is 0 Å². The zero-order valence-electron chi connectivity index (χ0n) is 13.1. The molecule has 0 radical (unpaired) electrons. The highest BCUT2D eigenvalue weighted by Crippen LogP contribution is 2.08. The van der Waals surface area contributed by atoms with Crippen LogP contribution < -0.4 is 11.5 Å². The maximum atomic E-state index is 13.2. The van der Waals surface area contributed by atoms with Gasteiger partial charge in [-0.2, -0.15) is 0 Å². The largest absolute Gasteiger partial charge is 0.369 e. The lowest BCUT2D eigenvalue weighted by Gasteiger charge is -1.96. The van der Waals surface area contributed by atoms with Gasteiger partial charge in [0.25, 0.3) is 0 Å². The quantitative estimate of drug-likeness (QED) is 0.483. The van der Waals surface area contributed by atoms with Gasteiger partial charge >= 0.3 is 0 Å². The first-order valence-corrected chi connectivity index (χ1v) is 7.07. The molecule has 0 bridgehead atoms. The molecule has 0 aliphatic rings. The molecule has 2 rings (SSSR count). The molecule has 0 spiro atoms. The van der Waals surface area contributed by atoms with Crippen molar-refractivity contribution in [3.8, 4) is 0 Å². The summed E-state index contributed by atoms with van der Waals surface area (Å²) in [6, 6.07) is 12.2. The molecule has 0 saturated carbocycles. The van der Waals surface area contributed by atoms with Crippen LogP contribution in [0.3, 0.4) is 0 Å². The topological polar surface area (TPSA) is 76.8 Å². The Balaban J connectivity index is 0.00000312. The number of hydrogen-bond acceptors (Lipinski definition) is 2. The fourth-order valence-electron chi connectivity index (χ4n) is 1.82. The molecular weight excluding hydrogens is 346 g/mol. The van der Waals surface area contributed by atoms with Crippen LogP contribution in [0.4, 0.5) is 8.78 Å². The van der Waals surface area contributed by atoms with E-state index in [2.05, 4.69) is 10.2 Å². The predicted octanol–water partition coefficient (Wildman–Crippen LogP) is 3.74. The first kappa shape index (κ1) is 20.1. The zero-order chi connectivity index (χ0) is 17.4. The van der Waals surface area contributed by atoms with E-state index in [0.29, 0.717) is 16.8 Å². The summed E-state index contributed by atoms with van der Waals surface area (Å²) in [7, 11) is 0. The summed E-state index contributed by atoms with van der Waals surface area (Å²) in [5, 5.41) is 7.49. The molecule has 2 aromatic carbocycles. The molecule has 0 fully saturated rings. The summed E-state index contributed by atoms with van der Waals surface area (Å²) >= 11 is 0. The Bertz CT molecular complexity index is 768. The molecule has 0 saturated heterocycles.